The molecule has 1 aromatic carbocycles. The molecule has 0 radical (unpaired) electrons. The van der Waals surface area contributed by atoms with Gasteiger partial charge in [-0.1, -0.05) is 0 Å². The average Bonchev–Trinajstić information content (AvgIpc) is 2.06. The Kier molecular flexibility index (Phi) is 3.18. The summed E-state index contributed by atoms with van der Waals surface area (Å²) in [5.74, 6) is -1.51. The summed E-state index contributed by atoms with van der Waals surface area (Å²) in [7, 11) is -3.42. The summed E-state index contributed by atoms with van der Waals surface area (Å²) in [6.45, 7) is 1.27. The van der Waals surface area contributed by atoms with Gasteiger partial charge in [0.1, 0.15) is 17.0 Å². The first-order chi connectivity index (χ1) is 7.88. The van der Waals surface area contributed by atoms with Crippen molar-refractivity contribution in [2.24, 2.45) is 0 Å². The molecule has 3 nitrogen and oxygen atoms in total. The van der Waals surface area contributed by atoms with Crippen molar-refractivity contribution >= 4 is 9.84 Å². The summed E-state index contributed by atoms with van der Waals surface area (Å²) in [5, 5.41) is -0.943. The second-order valence-corrected chi connectivity index (χ2v) is 6.38. The van der Waals surface area contributed by atoms with Gasteiger partial charge in [-0.05, 0) is 24.1 Å². The summed E-state index contributed by atoms with van der Waals surface area (Å²) in [6, 6.07) is 2.89. The van der Waals surface area contributed by atoms with Crippen LogP contribution in [-0.2, 0) is 9.84 Å². The zero-order valence-electron chi connectivity index (χ0n) is 9.36. The first kappa shape index (κ1) is 12.4. The van der Waals surface area contributed by atoms with E-state index in [4.69, 9.17) is 0 Å². The van der Waals surface area contributed by atoms with Gasteiger partial charge in [0.05, 0.1) is 0 Å². The van der Waals surface area contributed by atoms with Crippen molar-refractivity contribution in [2.75, 3.05) is 19.3 Å². The van der Waals surface area contributed by atoms with Gasteiger partial charge in [-0.2, -0.15) is 0 Å². The molecule has 17 heavy (non-hydrogen) atoms. The van der Waals surface area contributed by atoms with E-state index in [2.05, 4.69) is 0 Å². The normalized spacial score (nSPS) is 18.8. The maximum Gasteiger partial charge on any atom is 0.167 e. The van der Waals surface area contributed by atoms with E-state index < -0.39 is 26.8 Å². The molecule has 2 rings (SSSR count). The van der Waals surface area contributed by atoms with E-state index in [1.165, 1.54) is 0 Å². The molecule has 1 unspecified atom stereocenters. The van der Waals surface area contributed by atoms with Crippen molar-refractivity contribution in [1.82, 2.24) is 4.90 Å². The molecule has 1 saturated heterocycles. The van der Waals surface area contributed by atoms with Crippen LogP contribution in [0, 0.1) is 11.6 Å². The minimum absolute atomic E-state index is 0.157. The summed E-state index contributed by atoms with van der Waals surface area (Å²) in [6.07, 6.45) is 1.99. The molecule has 0 saturated carbocycles. The lowest BCUT2D eigenvalue weighted by Crippen LogP contribution is -2.43. The van der Waals surface area contributed by atoms with Crippen LogP contribution >= 0.6 is 0 Å². The van der Waals surface area contributed by atoms with Crippen molar-refractivity contribution in [1.29, 1.82) is 0 Å². The van der Waals surface area contributed by atoms with Crippen LogP contribution in [0.25, 0.3) is 0 Å². The minimum atomic E-state index is -3.42. The number of halogens is 2. The zero-order valence-corrected chi connectivity index (χ0v) is 10.2. The third kappa shape index (κ3) is 2.63. The Hall–Kier alpha value is -1.01. The Morgan fingerprint density at radius 2 is 1.71 bits per heavy atom. The van der Waals surface area contributed by atoms with Crippen LogP contribution in [0.1, 0.15) is 17.4 Å². The Morgan fingerprint density at radius 3 is 2.06 bits per heavy atom. The standard InChI is InChI=1S/C11H13F2NO2S/c1-17(15,16)11(14-3-2-4-14)8-5-9(12)7-10(13)6-8/h5-7,11H,2-4H2,1H3. The van der Waals surface area contributed by atoms with Crippen molar-refractivity contribution in [3.8, 4) is 0 Å². The first-order valence-corrected chi connectivity index (χ1v) is 7.22. The number of sulfone groups is 1. The second kappa shape index (κ2) is 4.34. The van der Waals surface area contributed by atoms with Gasteiger partial charge in [-0.15, -0.1) is 0 Å². The highest BCUT2D eigenvalue weighted by Gasteiger charge is 2.33. The fraction of sp³-hybridized carbons (Fsp3) is 0.455. The topological polar surface area (TPSA) is 37.4 Å². The zero-order chi connectivity index (χ0) is 12.6. The Balaban J connectivity index is 2.45. The van der Waals surface area contributed by atoms with Crippen LogP contribution in [0.5, 0.6) is 0 Å². The van der Waals surface area contributed by atoms with Crippen LogP contribution in [0.3, 0.4) is 0 Å². The van der Waals surface area contributed by atoms with Crippen LogP contribution in [-0.4, -0.2) is 32.7 Å². The van der Waals surface area contributed by atoms with E-state index in [0.717, 1.165) is 30.9 Å². The van der Waals surface area contributed by atoms with E-state index in [1.807, 2.05) is 0 Å². The number of hydrogen-bond donors (Lipinski definition) is 0. The number of likely N-dealkylation sites (tertiary alicyclic amines) is 1. The van der Waals surface area contributed by atoms with Gasteiger partial charge in [0.2, 0.25) is 0 Å². The molecule has 1 aliphatic heterocycles. The average molecular weight is 261 g/mol. The highest BCUT2D eigenvalue weighted by atomic mass is 32.2. The maximum atomic E-state index is 13.1. The third-order valence-electron chi connectivity index (χ3n) is 2.80. The number of benzene rings is 1. The van der Waals surface area contributed by atoms with Crippen LogP contribution in [0.15, 0.2) is 18.2 Å². The Morgan fingerprint density at radius 1 is 1.18 bits per heavy atom. The van der Waals surface area contributed by atoms with E-state index in [1.54, 1.807) is 4.90 Å². The molecule has 1 aliphatic rings. The number of hydrogen-bond acceptors (Lipinski definition) is 3. The fourth-order valence-electron chi connectivity index (χ4n) is 2.02. The molecule has 0 spiro atoms. The quantitative estimate of drug-likeness (QED) is 0.831. The van der Waals surface area contributed by atoms with E-state index in [9.17, 15) is 17.2 Å². The molecule has 0 bridgehead atoms. The molecule has 1 heterocycles. The smallest absolute Gasteiger partial charge is 0.167 e. The largest absolute Gasteiger partial charge is 0.283 e. The SMILES string of the molecule is CS(=O)(=O)C(c1cc(F)cc(F)c1)N1CCC1. The maximum absolute atomic E-state index is 13.1. The molecule has 0 N–H and O–H groups in total. The van der Waals surface area contributed by atoms with Gasteiger partial charge >= 0.3 is 0 Å². The molecule has 6 heteroatoms. The predicted molar refractivity (Wildman–Crippen MR) is 60.1 cm³/mol. The van der Waals surface area contributed by atoms with Gasteiger partial charge < -0.3 is 0 Å². The lowest BCUT2D eigenvalue weighted by molar-refractivity contribution is 0.160. The van der Waals surface area contributed by atoms with Crippen LogP contribution < -0.4 is 0 Å². The molecular formula is C11H13F2NO2S. The van der Waals surface area contributed by atoms with Gasteiger partial charge in [0, 0.05) is 25.4 Å². The van der Waals surface area contributed by atoms with Crippen LogP contribution in [0.4, 0.5) is 8.78 Å². The van der Waals surface area contributed by atoms with E-state index >= 15 is 0 Å². The minimum Gasteiger partial charge on any atom is -0.283 e. The summed E-state index contributed by atoms with van der Waals surface area (Å²) in [5.41, 5.74) is 0.157. The lowest BCUT2D eigenvalue weighted by Gasteiger charge is -2.37. The Bertz CT molecular complexity index is 506. The van der Waals surface area contributed by atoms with E-state index in [-0.39, 0.29) is 5.56 Å². The second-order valence-electron chi connectivity index (χ2n) is 4.27. The molecule has 94 valence electrons. The van der Waals surface area contributed by atoms with Gasteiger partial charge in [0.15, 0.2) is 9.84 Å². The lowest BCUT2D eigenvalue weighted by atomic mass is 10.1. The van der Waals surface area contributed by atoms with Crippen molar-refractivity contribution < 1.29 is 17.2 Å². The third-order valence-corrected chi connectivity index (χ3v) is 4.18. The molecule has 0 aromatic heterocycles. The van der Waals surface area contributed by atoms with Gasteiger partial charge in [-0.3, -0.25) is 4.90 Å². The molecule has 1 aromatic rings. The van der Waals surface area contributed by atoms with Gasteiger partial charge in [0.25, 0.3) is 0 Å². The van der Waals surface area contributed by atoms with Gasteiger partial charge in [-0.25, -0.2) is 17.2 Å². The van der Waals surface area contributed by atoms with Crippen LogP contribution in [0.2, 0.25) is 0 Å². The molecular weight excluding hydrogens is 248 g/mol. The number of nitrogens with zero attached hydrogens (tertiary/aromatic N) is 1. The molecule has 1 atom stereocenters. The molecule has 0 amide bonds. The monoisotopic (exact) mass is 261 g/mol. The molecule has 0 aliphatic carbocycles. The van der Waals surface area contributed by atoms with Crippen molar-refractivity contribution in [2.45, 2.75) is 11.8 Å². The summed E-state index contributed by atoms with van der Waals surface area (Å²) >= 11 is 0. The fourth-order valence-corrected chi connectivity index (χ4v) is 3.40. The predicted octanol–water partition coefficient (Wildman–Crippen LogP) is 1.71. The highest BCUT2D eigenvalue weighted by molar-refractivity contribution is 7.90. The van der Waals surface area contributed by atoms with Crippen molar-refractivity contribution in [3.63, 3.8) is 0 Å². The summed E-state index contributed by atoms with van der Waals surface area (Å²) < 4.78 is 49.6. The molecule has 1 fully saturated rings. The Labute approximate surface area is 99.0 Å². The highest BCUT2D eigenvalue weighted by Crippen LogP contribution is 2.30. The first-order valence-electron chi connectivity index (χ1n) is 5.27. The van der Waals surface area contributed by atoms with Crippen molar-refractivity contribution in [3.05, 3.63) is 35.4 Å². The van der Waals surface area contributed by atoms with E-state index in [0.29, 0.717) is 13.1 Å². The number of rotatable bonds is 3. The summed E-state index contributed by atoms with van der Waals surface area (Å²) in [4.78, 5) is 1.70.